The van der Waals surface area contributed by atoms with Crippen molar-refractivity contribution in [1.29, 1.82) is 0 Å². The molecule has 0 aliphatic carbocycles. The number of carbonyl (C=O) groups is 1. The minimum atomic E-state index is -3.97. The number of hydrogen-bond acceptors (Lipinski definition) is 4. The third kappa shape index (κ3) is 2.97. The van der Waals surface area contributed by atoms with Crippen molar-refractivity contribution in [2.75, 3.05) is 26.3 Å². The van der Waals surface area contributed by atoms with Crippen molar-refractivity contribution in [3.05, 3.63) is 29.6 Å². The topological polar surface area (TPSA) is 83.9 Å². The monoisotopic (exact) mass is 303 g/mol. The Labute approximate surface area is 115 Å². The van der Waals surface area contributed by atoms with Crippen LogP contribution in [0.15, 0.2) is 23.1 Å². The van der Waals surface area contributed by atoms with Gasteiger partial charge in [-0.05, 0) is 24.6 Å². The molecule has 0 spiro atoms. The second-order valence-corrected chi connectivity index (χ2v) is 6.23. The van der Waals surface area contributed by atoms with Crippen LogP contribution in [0.3, 0.4) is 0 Å². The highest BCUT2D eigenvalue weighted by Gasteiger charge is 2.28. The zero-order valence-corrected chi connectivity index (χ0v) is 11.4. The van der Waals surface area contributed by atoms with Gasteiger partial charge in [0.25, 0.3) is 0 Å². The molecule has 0 unspecified atom stereocenters. The van der Waals surface area contributed by atoms with E-state index in [9.17, 15) is 17.6 Å². The lowest BCUT2D eigenvalue weighted by atomic mass is 10.2. The normalized spacial score (nSPS) is 17.6. The van der Waals surface area contributed by atoms with E-state index in [1.807, 2.05) is 0 Å². The van der Waals surface area contributed by atoms with Crippen LogP contribution < -0.4 is 0 Å². The number of benzene rings is 1. The van der Waals surface area contributed by atoms with Crippen molar-refractivity contribution in [2.24, 2.45) is 0 Å². The molecule has 1 aromatic rings. The summed E-state index contributed by atoms with van der Waals surface area (Å²) in [6, 6.07) is 2.77. The highest BCUT2D eigenvalue weighted by molar-refractivity contribution is 7.89. The van der Waals surface area contributed by atoms with Gasteiger partial charge in [-0.2, -0.15) is 4.31 Å². The fourth-order valence-electron chi connectivity index (χ4n) is 1.95. The number of rotatable bonds is 3. The molecule has 1 N–H and O–H groups in total. The van der Waals surface area contributed by atoms with Crippen LogP contribution in [0.5, 0.6) is 0 Å². The quantitative estimate of drug-likeness (QED) is 0.898. The molecule has 20 heavy (non-hydrogen) atoms. The molecule has 1 aliphatic heterocycles. The van der Waals surface area contributed by atoms with Crippen LogP contribution in [0.25, 0.3) is 0 Å². The van der Waals surface area contributed by atoms with Crippen LogP contribution in [-0.2, 0) is 14.8 Å². The molecule has 8 heteroatoms. The Hall–Kier alpha value is -1.51. The molecule has 1 heterocycles. The maximum absolute atomic E-state index is 13.9. The smallest absolute Gasteiger partial charge is 0.335 e. The second kappa shape index (κ2) is 5.86. The summed E-state index contributed by atoms with van der Waals surface area (Å²) in [6.07, 6.45) is 0.536. The van der Waals surface area contributed by atoms with Crippen LogP contribution in [-0.4, -0.2) is 50.1 Å². The zero-order valence-electron chi connectivity index (χ0n) is 10.6. The van der Waals surface area contributed by atoms with Crippen molar-refractivity contribution < 1.29 is 27.4 Å². The Balaban J connectivity index is 2.36. The van der Waals surface area contributed by atoms with E-state index >= 15 is 0 Å². The first-order chi connectivity index (χ1) is 9.43. The molecule has 1 aliphatic rings. The molecule has 0 bridgehead atoms. The Morgan fingerprint density at radius 3 is 2.70 bits per heavy atom. The van der Waals surface area contributed by atoms with Gasteiger partial charge in [0.15, 0.2) is 0 Å². The average Bonchev–Trinajstić information content (AvgIpc) is 2.67. The highest BCUT2D eigenvalue weighted by atomic mass is 32.2. The van der Waals surface area contributed by atoms with Gasteiger partial charge in [0.2, 0.25) is 10.0 Å². The van der Waals surface area contributed by atoms with Gasteiger partial charge < -0.3 is 9.84 Å². The van der Waals surface area contributed by atoms with E-state index < -0.39 is 26.7 Å². The van der Waals surface area contributed by atoms with Gasteiger partial charge >= 0.3 is 5.97 Å². The van der Waals surface area contributed by atoms with E-state index in [0.29, 0.717) is 19.1 Å². The first-order valence-electron chi connectivity index (χ1n) is 6.03. The molecular weight excluding hydrogens is 289 g/mol. The maximum Gasteiger partial charge on any atom is 0.335 e. The van der Waals surface area contributed by atoms with Crippen molar-refractivity contribution >= 4 is 16.0 Å². The molecule has 110 valence electrons. The number of ether oxygens (including phenoxy) is 1. The molecular formula is C12H14FNO5S. The Kier molecular flexibility index (Phi) is 4.36. The highest BCUT2D eigenvalue weighted by Crippen LogP contribution is 2.21. The van der Waals surface area contributed by atoms with Crippen molar-refractivity contribution in [3.8, 4) is 0 Å². The molecule has 1 aromatic carbocycles. The third-order valence-electron chi connectivity index (χ3n) is 2.98. The minimum absolute atomic E-state index is 0.155. The number of hydrogen-bond donors (Lipinski definition) is 1. The second-order valence-electron chi connectivity index (χ2n) is 4.32. The average molecular weight is 303 g/mol. The van der Waals surface area contributed by atoms with Gasteiger partial charge in [-0.25, -0.2) is 17.6 Å². The van der Waals surface area contributed by atoms with Crippen molar-refractivity contribution in [2.45, 2.75) is 11.3 Å². The minimum Gasteiger partial charge on any atom is -0.478 e. The Morgan fingerprint density at radius 1 is 1.30 bits per heavy atom. The van der Waals surface area contributed by atoms with E-state index in [0.717, 1.165) is 16.4 Å². The van der Waals surface area contributed by atoms with Gasteiger partial charge in [0.1, 0.15) is 10.7 Å². The largest absolute Gasteiger partial charge is 0.478 e. The van der Waals surface area contributed by atoms with Gasteiger partial charge in [-0.3, -0.25) is 0 Å². The number of halogens is 1. The Morgan fingerprint density at radius 2 is 2.05 bits per heavy atom. The fourth-order valence-corrected chi connectivity index (χ4v) is 3.45. The van der Waals surface area contributed by atoms with Crippen LogP contribution in [0.1, 0.15) is 16.8 Å². The molecule has 0 amide bonds. The van der Waals surface area contributed by atoms with Gasteiger partial charge in [-0.15, -0.1) is 0 Å². The van der Waals surface area contributed by atoms with E-state index in [2.05, 4.69) is 0 Å². The SMILES string of the molecule is O=C(O)c1ccc(S(=O)(=O)N2CCCOCC2)c(F)c1. The number of aromatic carboxylic acids is 1. The van der Waals surface area contributed by atoms with Crippen molar-refractivity contribution in [3.63, 3.8) is 0 Å². The van der Waals surface area contributed by atoms with E-state index in [4.69, 9.17) is 9.84 Å². The predicted octanol–water partition coefficient (Wildman–Crippen LogP) is 0.935. The lowest BCUT2D eigenvalue weighted by Gasteiger charge is -2.19. The van der Waals surface area contributed by atoms with Gasteiger partial charge in [-0.1, -0.05) is 0 Å². The summed E-state index contributed by atoms with van der Waals surface area (Å²) in [5.74, 6) is -2.37. The number of sulfonamides is 1. The molecule has 0 radical (unpaired) electrons. The first kappa shape index (κ1) is 14.9. The number of nitrogens with zero attached hydrogens (tertiary/aromatic N) is 1. The van der Waals surface area contributed by atoms with Crippen LogP contribution in [0, 0.1) is 5.82 Å². The standard InChI is InChI=1S/C12H14FNO5S/c13-10-8-9(12(15)16)2-3-11(10)20(17,18)14-4-1-6-19-7-5-14/h2-3,8H,1,4-7H2,(H,15,16). The summed E-state index contributed by atoms with van der Waals surface area (Å²) in [4.78, 5) is 10.2. The van der Waals surface area contributed by atoms with Crippen molar-refractivity contribution in [1.82, 2.24) is 4.31 Å². The van der Waals surface area contributed by atoms with Crippen LogP contribution >= 0.6 is 0 Å². The number of carboxylic acids is 1. The fraction of sp³-hybridized carbons (Fsp3) is 0.417. The summed E-state index contributed by atoms with van der Waals surface area (Å²) in [6.45, 7) is 1.13. The molecule has 0 saturated carbocycles. The van der Waals surface area contributed by atoms with E-state index in [1.54, 1.807) is 0 Å². The van der Waals surface area contributed by atoms with Gasteiger partial charge in [0.05, 0.1) is 12.2 Å². The molecule has 0 aromatic heterocycles. The van der Waals surface area contributed by atoms with E-state index in [-0.39, 0.29) is 25.3 Å². The molecule has 2 rings (SSSR count). The number of carboxylic acid groups (broad SMARTS) is 1. The lowest BCUT2D eigenvalue weighted by Crippen LogP contribution is -2.33. The van der Waals surface area contributed by atoms with Crippen LogP contribution in [0.2, 0.25) is 0 Å². The molecule has 6 nitrogen and oxygen atoms in total. The maximum atomic E-state index is 13.9. The summed E-state index contributed by atoms with van der Waals surface area (Å²) < 4.78 is 44.8. The zero-order chi connectivity index (χ0) is 14.8. The molecule has 0 atom stereocenters. The van der Waals surface area contributed by atoms with Crippen LogP contribution in [0.4, 0.5) is 4.39 Å². The summed E-state index contributed by atoms with van der Waals surface area (Å²) in [7, 11) is -3.97. The predicted molar refractivity (Wildman–Crippen MR) is 67.6 cm³/mol. The first-order valence-corrected chi connectivity index (χ1v) is 7.47. The molecule has 1 saturated heterocycles. The van der Waals surface area contributed by atoms with E-state index in [1.165, 1.54) is 0 Å². The summed E-state index contributed by atoms with van der Waals surface area (Å²) in [5.41, 5.74) is -0.291. The lowest BCUT2D eigenvalue weighted by molar-refractivity contribution is 0.0696. The summed E-state index contributed by atoms with van der Waals surface area (Å²) >= 11 is 0. The third-order valence-corrected chi connectivity index (χ3v) is 4.91. The van der Waals surface area contributed by atoms with Gasteiger partial charge in [0, 0.05) is 19.7 Å². The molecule has 1 fully saturated rings. The Bertz CT molecular complexity index is 608. The summed E-state index contributed by atoms with van der Waals surface area (Å²) in [5, 5.41) is 8.75.